The monoisotopic (exact) mass is 324 g/mol. The second-order valence-electron chi connectivity index (χ2n) is 6.06. The molecule has 0 atom stereocenters. The molecule has 3 aromatic rings. The average Bonchev–Trinajstić information content (AvgIpc) is 3.11. The van der Waals surface area contributed by atoms with E-state index in [1.807, 2.05) is 43.4 Å². The van der Waals surface area contributed by atoms with E-state index in [4.69, 9.17) is 0 Å². The summed E-state index contributed by atoms with van der Waals surface area (Å²) in [6.07, 6.45) is 3.52. The van der Waals surface area contributed by atoms with E-state index in [-0.39, 0.29) is 0 Å². The zero-order valence-electron chi connectivity index (χ0n) is 13.8. The lowest BCUT2D eigenvalue weighted by atomic mass is 10.2. The van der Waals surface area contributed by atoms with Crippen molar-refractivity contribution < 1.29 is 0 Å². The lowest BCUT2D eigenvalue weighted by Gasteiger charge is -2.36. The standard InChI is InChI=1S/C16H20N8/c1-22(2)13-3-4-14(21-20-13)23-7-9-24(10-8-23)16-12-5-6-17-15(12)18-11-19-16/h3-6,11H,7-10H2,1-2H3,(H,17,18,19). The number of piperazine rings is 1. The zero-order chi connectivity index (χ0) is 16.5. The van der Waals surface area contributed by atoms with Crippen molar-refractivity contribution in [2.24, 2.45) is 0 Å². The Hall–Kier alpha value is -2.90. The van der Waals surface area contributed by atoms with Gasteiger partial charge in [-0.15, -0.1) is 10.2 Å². The third kappa shape index (κ3) is 2.60. The lowest BCUT2D eigenvalue weighted by Crippen LogP contribution is -2.47. The Balaban J connectivity index is 1.47. The van der Waals surface area contributed by atoms with Gasteiger partial charge in [0.2, 0.25) is 0 Å². The van der Waals surface area contributed by atoms with Gasteiger partial charge in [-0.05, 0) is 18.2 Å². The number of fused-ring (bicyclic) bond motifs is 1. The van der Waals surface area contributed by atoms with Crippen molar-refractivity contribution in [3.8, 4) is 0 Å². The first-order valence-corrected chi connectivity index (χ1v) is 8.01. The highest BCUT2D eigenvalue weighted by Crippen LogP contribution is 2.24. The zero-order valence-corrected chi connectivity index (χ0v) is 13.8. The van der Waals surface area contributed by atoms with Gasteiger partial charge in [-0.3, -0.25) is 0 Å². The van der Waals surface area contributed by atoms with E-state index in [0.717, 1.165) is 54.7 Å². The average molecular weight is 324 g/mol. The maximum absolute atomic E-state index is 4.47. The molecule has 1 N–H and O–H groups in total. The van der Waals surface area contributed by atoms with Crippen molar-refractivity contribution >= 4 is 28.5 Å². The molecular weight excluding hydrogens is 304 g/mol. The van der Waals surface area contributed by atoms with Gasteiger partial charge in [-0.1, -0.05) is 0 Å². The van der Waals surface area contributed by atoms with Crippen molar-refractivity contribution in [1.29, 1.82) is 0 Å². The Bertz CT molecular complexity index is 817. The number of aromatic amines is 1. The van der Waals surface area contributed by atoms with Gasteiger partial charge in [-0.25, -0.2) is 9.97 Å². The Morgan fingerprint density at radius 2 is 1.75 bits per heavy atom. The summed E-state index contributed by atoms with van der Waals surface area (Å²) in [6.45, 7) is 3.58. The summed E-state index contributed by atoms with van der Waals surface area (Å²) in [6, 6.07) is 6.07. The fourth-order valence-corrected chi connectivity index (χ4v) is 2.98. The molecule has 1 aliphatic rings. The van der Waals surface area contributed by atoms with E-state index < -0.39 is 0 Å². The van der Waals surface area contributed by atoms with E-state index in [0.29, 0.717) is 0 Å². The molecule has 8 heteroatoms. The van der Waals surface area contributed by atoms with Crippen LogP contribution in [0.2, 0.25) is 0 Å². The molecule has 0 aliphatic carbocycles. The minimum atomic E-state index is 0.869. The molecule has 3 aromatic heterocycles. The Labute approximate surface area is 140 Å². The first kappa shape index (κ1) is 14.7. The predicted molar refractivity (Wildman–Crippen MR) is 94.7 cm³/mol. The van der Waals surface area contributed by atoms with Gasteiger partial charge in [0, 0.05) is 46.5 Å². The number of H-pyrrole nitrogens is 1. The summed E-state index contributed by atoms with van der Waals surface area (Å²) in [5.41, 5.74) is 0.882. The Morgan fingerprint density at radius 1 is 0.958 bits per heavy atom. The van der Waals surface area contributed by atoms with Crippen LogP contribution in [0, 0.1) is 0 Å². The van der Waals surface area contributed by atoms with Crippen LogP contribution in [-0.4, -0.2) is 65.4 Å². The van der Waals surface area contributed by atoms with E-state index in [2.05, 4.69) is 34.9 Å². The summed E-state index contributed by atoms with van der Waals surface area (Å²) >= 11 is 0. The molecule has 8 nitrogen and oxygen atoms in total. The first-order chi connectivity index (χ1) is 11.7. The molecule has 0 amide bonds. The van der Waals surface area contributed by atoms with Crippen LogP contribution in [0.3, 0.4) is 0 Å². The third-order valence-electron chi connectivity index (χ3n) is 4.33. The number of aromatic nitrogens is 5. The molecule has 4 heterocycles. The van der Waals surface area contributed by atoms with Crippen molar-refractivity contribution in [3.05, 3.63) is 30.7 Å². The van der Waals surface area contributed by atoms with E-state index in [9.17, 15) is 0 Å². The molecule has 4 rings (SSSR count). The molecule has 0 radical (unpaired) electrons. The molecule has 0 saturated carbocycles. The molecular formula is C16H20N8. The fraction of sp³-hybridized carbons (Fsp3) is 0.375. The van der Waals surface area contributed by atoms with Gasteiger partial charge >= 0.3 is 0 Å². The molecule has 0 spiro atoms. The highest BCUT2D eigenvalue weighted by atomic mass is 15.3. The van der Waals surface area contributed by atoms with E-state index in [1.165, 1.54) is 0 Å². The summed E-state index contributed by atoms with van der Waals surface area (Å²) in [5, 5.41) is 9.68. The first-order valence-electron chi connectivity index (χ1n) is 8.01. The SMILES string of the molecule is CN(C)c1ccc(N2CCN(c3ncnc4[nH]ccc34)CC2)nn1. The molecule has 24 heavy (non-hydrogen) atoms. The van der Waals surface area contributed by atoms with Gasteiger partial charge in [0.25, 0.3) is 0 Å². The maximum Gasteiger partial charge on any atom is 0.151 e. The molecule has 0 bridgehead atoms. The molecule has 1 aliphatic heterocycles. The minimum absolute atomic E-state index is 0.869. The van der Waals surface area contributed by atoms with Gasteiger partial charge in [-0.2, -0.15) is 0 Å². The van der Waals surface area contributed by atoms with Crippen LogP contribution in [0.15, 0.2) is 30.7 Å². The summed E-state index contributed by atoms with van der Waals surface area (Å²) in [7, 11) is 3.93. The number of nitrogens with zero attached hydrogens (tertiary/aromatic N) is 7. The van der Waals surface area contributed by atoms with Gasteiger partial charge in [0.15, 0.2) is 11.6 Å². The van der Waals surface area contributed by atoms with E-state index >= 15 is 0 Å². The largest absolute Gasteiger partial charge is 0.361 e. The Kier molecular flexibility index (Phi) is 3.64. The Morgan fingerprint density at radius 3 is 2.46 bits per heavy atom. The van der Waals surface area contributed by atoms with Gasteiger partial charge in [0.1, 0.15) is 17.8 Å². The normalized spacial score (nSPS) is 15.1. The predicted octanol–water partition coefficient (Wildman–Crippen LogP) is 1.14. The third-order valence-corrected chi connectivity index (χ3v) is 4.33. The smallest absolute Gasteiger partial charge is 0.151 e. The maximum atomic E-state index is 4.47. The van der Waals surface area contributed by atoms with Gasteiger partial charge in [0.05, 0.1) is 5.39 Å². The quantitative estimate of drug-likeness (QED) is 0.774. The van der Waals surface area contributed by atoms with E-state index in [1.54, 1.807) is 6.33 Å². The van der Waals surface area contributed by atoms with Crippen LogP contribution in [-0.2, 0) is 0 Å². The second kappa shape index (κ2) is 5.95. The highest BCUT2D eigenvalue weighted by Gasteiger charge is 2.21. The molecule has 124 valence electrons. The van der Waals surface area contributed by atoms with Crippen LogP contribution in [0.4, 0.5) is 17.5 Å². The topological polar surface area (TPSA) is 77.1 Å². The molecule has 1 saturated heterocycles. The summed E-state index contributed by atoms with van der Waals surface area (Å²) in [4.78, 5) is 18.4. The van der Waals surface area contributed by atoms with Crippen molar-refractivity contribution in [2.45, 2.75) is 0 Å². The van der Waals surface area contributed by atoms with Crippen molar-refractivity contribution in [1.82, 2.24) is 25.1 Å². The highest BCUT2D eigenvalue weighted by molar-refractivity contribution is 5.87. The minimum Gasteiger partial charge on any atom is -0.361 e. The number of hydrogen-bond donors (Lipinski definition) is 1. The molecule has 0 aromatic carbocycles. The van der Waals surface area contributed by atoms with Crippen LogP contribution < -0.4 is 14.7 Å². The van der Waals surface area contributed by atoms with Gasteiger partial charge < -0.3 is 19.7 Å². The number of anilines is 3. The number of nitrogens with one attached hydrogen (secondary N) is 1. The molecule has 1 fully saturated rings. The second-order valence-corrected chi connectivity index (χ2v) is 6.06. The van der Waals surface area contributed by atoms with Crippen LogP contribution >= 0.6 is 0 Å². The number of hydrogen-bond acceptors (Lipinski definition) is 7. The van der Waals surface area contributed by atoms with Crippen LogP contribution in [0.5, 0.6) is 0 Å². The van der Waals surface area contributed by atoms with Crippen LogP contribution in [0.1, 0.15) is 0 Å². The summed E-state index contributed by atoms with van der Waals surface area (Å²) < 4.78 is 0. The number of rotatable bonds is 3. The fourth-order valence-electron chi connectivity index (χ4n) is 2.98. The lowest BCUT2D eigenvalue weighted by molar-refractivity contribution is 0.639. The van der Waals surface area contributed by atoms with Crippen LogP contribution in [0.25, 0.3) is 11.0 Å². The summed E-state index contributed by atoms with van der Waals surface area (Å²) in [5.74, 6) is 2.79. The molecule has 0 unspecified atom stereocenters. The van der Waals surface area contributed by atoms with Crippen molar-refractivity contribution in [2.75, 3.05) is 55.0 Å². The van der Waals surface area contributed by atoms with Crippen molar-refractivity contribution in [3.63, 3.8) is 0 Å².